The minimum atomic E-state index is -2.62. The molecule has 0 saturated heterocycles. The Labute approximate surface area is 70.6 Å². The molecule has 4 nitrogen and oxygen atoms in total. The Morgan fingerprint density at radius 1 is 1.75 bits per heavy atom. The molecule has 1 atom stereocenters. The molecule has 0 aliphatic rings. The normalized spacial score (nSPS) is 14.1. The van der Waals surface area contributed by atoms with Gasteiger partial charge in [-0.1, -0.05) is 0 Å². The highest BCUT2D eigenvalue weighted by molar-refractivity contribution is 7.84. The van der Waals surface area contributed by atoms with Crippen molar-refractivity contribution in [2.45, 2.75) is 11.6 Å². The molecular formula is C5H8F2N4S. The van der Waals surface area contributed by atoms with Crippen molar-refractivity contribution in [1.82, 2.24) is 9.78 Å². The smallest absolute Gasteiger partial charge is 0.264 e. The van der Waals surface area contributed by atoms with Crippen molar-refractivity contribution >= 4 is 10.9 Å². The summed E-state index contributed by atoms with van der Waals surface area (Å²) in [5.74, 6) is 0. The van der Waals surface area contributed by atoms with E-state index in [1.54, 1.807) is 0 Å². The van der Waals surface area contributed by atoms with Gasteiger partial charge in [0.1, 0.15) is 5.03 Å². The highest BCUT2D eigenvalue weighted by Gasteiger charge is 2.07. The van der Waals surface area contributed by atoms with Crippen LogP contribution in [0.25, 0.3) is 0 Å². The lowest BCUT2D eigenvalue weighted by Gasteiger charge is -1.96. The monoisotopic (exact) mass is 194 g/mol. The van der Waals surface area contributed by atoms with E-state index in [0.717, 1.165) is 0 Å². The second-order valence-corrected chi connectivity index (χ2v) is 3.32. The van der Waals surface area contributed by atoms with Crippen LogP contribution in [0.4, 0.5) is 8.78 Å². The van der Waals surface area contributed by atoms with Gasteiger partial charge in [-0.15, -0.1) is 0 Å². The van der Waals surface area contributed by atoms with Gasteiger partial charge in [0.15, 0.2) is 0 Å². The standard InChI is InChI=1S/C5H8F2N4S/c1-9-12(8)4-2-3-11(10-4)5(6)7/h2-3,5H,1H3,(H2,8,9). The quantitative estimate of drug-likeness (QED) is 0.761. The molecule has 7 heteroatoms. The Morgan fingerprint density at radius 3 is 2.83 bits per heavy atom. The molecule has 0 saturated carbocycles. The zero-order chi connectivity index (χ0) is 9.14. The van der Waals surface area contributed by atoms with E-state index in [2.05, 4.69) is 9.46 Å². The number of hydrogen-bond donors (Lipinski definition) is 1. The van der Waals surface area contributed by atoms with Crippen molar-refractivity contribution in [3.05, 3.63) is 12.3 Å². The topological polar surface area (TPSA) is 56.2 Å². The number of halogens is 2. The largest absolute Gasteiger partial charge is 0.333 e. The molecule has 0 fully saturated rings. The van der Waals surface area contributed by atoms with Crippen molar-refractivity contribution in [3.63, 3.8) is 0 Å². The van der Waals surface area contributed by atoms with Crippen LogP contribution in [0.5, 0.6) is 0 Å². The summed E-state index contributed by atoms with van der Waals surface area (Å²) in [5, 5.41) is 9.36. The second-order valence-electron chi connectivity index (χ2n) is 1.91. The van der Waals surface area contributed by atoms with Gasteiger partial charge in [-0.2, -0.15) is 13.9 Å². The zero-order valence-electron chi connectivity index (χ0n) is 6.32. The van der Waals surface area contributed by atoms with E-state index in [0.29, 0.717) is 9.71 Å². The minimum Gasteiger partial charge on any atom is -0.264 e. The van der Waals surface area contributed by atoms with E-state index in [1.807, 2.05) is 0 Å². The number of rotatable bonds is 2. The van der Waals surface area contributed by atoms with Crippen molar-refractivity contribution in [3.8, 4) is 0 Å². The molecule has 1 aromatic heterocycles. The van der Waals surface area contributed by atoms with E-state index in [-0.39, 0.29) is 0 Å². The van der Waals surface area contributed by atoms with Gasteiger partial charge in [0.2, 0.25) is 0 Å². The summed E-state index contributed by atoms with van der Waals surface area (Å²) in [6.07, 6.45) is 1.18. The van der Waals surface area contributed by atoms with Gasteiger partial charge in [-0.3, -0.25) is 5.14 Å². The van der Waals surface area contributed by atoms with Gasteiger partial charge < -0.3 is 0 Å². The van der Waals surface area contributed by atoms with Gasteiger partial charge in [-0.05, 0) is 6.07 Å². The first-order valence-electron chi connectivity index (χ1n) is 3.07. The van der Waals surface area contributed by atoms with Crippen molar-refractivity contribution in [2.75, 3.05) is 7.05 Å². The Balaban J connectivity index is 2.92. The molecule has 12 heavy (non-hydrogen) atoms. The molecule has 0 spiro atoms. The van der Waals surface area contributed by atoms with Crippen LogP contribution in [0.15, 0.2) is 21.7 Å². The molecule has 1 heterocycles. The van der Waals surface area contributed by atoms with Crippen LogP contribution in [0.3, 0.4) is 0 Å². The Hall–Kier alpha value is -0.820. The minimum absolute atomic E-state index is 0.373. The highest BCUT2D eigenvalue weighted by Crippen LogP contribution is 2.09. The van der Waals surface area contributed by atoms with Crippen LogP contribution in [0.1, 0.15) is 6.55 Å². The molecule has 0 aromatic carbocycles. The molecular weight excluding hydrogens is 186 g/mol. The van der Waals surface area contributed by atoms with E-state index in [4.69, 9.17) is 5.14 Å². The van der Waals surface area contributed by atoms with E-state index < -0.39 is 17.4 Å². The Morgan fingerprint density at radius 2 is 2.42 bits per heavy atom. The Bertz CT molecular complexity index is 295. The summed E-state index contributed by atoms with van der Waals surface area (Å²) in [4.78, 5) is 0. The summed E-state index contributed by atoms with van der Waals surface area (Å²) in [7, 11) is 0.642. The molecule has 0 aliphatic carbocycles. The third-order valence-corrected chi connectivity index (χ3v) is 2.23. The van der Waals surface area contributed by atoms with Gasteiger partial charge >= 0.3 is 6.55 Å². The predicted octanol–water partition coefficient (Wildman–Crippen LogP) is 0.943. The first-order valence-corrected chi connectivity index (χ1v) is 4.31. The summed E-state index contributed by atoms with van der Waals surface area (Å²) >= 11 is 0. The van der Waals surface area contributed by atoms with Crippen molar-refractivity contribution in [1.29, 1.82) is 0 Å². The van der Waals surface area contributed by atoms with Crippen LogP contribution < -0.4 is 5.14 Å². The number of hydrogen-bond acceptors (Lipinski definition) is 2. The van der Waals surface area contributed by atoms with Gasteiger partial charge in [-0.25, -0.2) is 9.04 Å². The van der Waals surface area contributed by atoms with Crippen LogP contribution >= 0.6 is 0 Å². The van der Waals surface area contributed by atoms with Gasteiger partial charge in [0.25, 0.3) is 0 Å². The number of nitrogens with two attached hydrogens (primary N) is 1. The molecule has 2 N–H and O–H groups in total. The third kappa shape index (κ3) is 1.86. The van der Waals surface area contributed by atoms with Crippen LogP contribution in [-0.4, -0.2) is 16.8 Å². The van der Waals surface area contributed by atoms with Gasteiger partial charge in [0.05, 0.1) is 0 Å². The maximum atomic E-state index is 12.0. The molecule has 1 rings (SSSR count). The second kappa shape index (κ2) is 3.72. The lowest BCUT2D eigenvalue weighted by molar-refractivity contribution is 0.0554. The maximum absolute atomic E-state index is 12.0. The first-order chi connectivity index (χ1) is 5.65. The fourth-order valence-corrected chi connectivity index (χ4v) is 1.20. The molecule has 0 aliphatic heterocycles. The fourth-order valence-electron chi connectivity index (χ4n) is 0.634. The average Bonchev–Trinajstić information content (AvgIpc) is 2.51. The fraction of sp³-hybridized carbons (Fsp3) is 0.400. The molecule has 68 valence electrons. The number of aromatic nitrogens is 2. The zero-order valence-corrected chi connectivity index (χ0v) is 7.13. The molecule has 1 aromatic rings. The maximum Gasteiger partial charge on any atom is 0.333 e. The summed E-state index contributed by atoms with van der Waals surface area (Å²) in [5.41, 5.74) is 0. The lowest BCUT2D eigenvalue weighted by Crippen LogP contribution is -2.05. The first kappa shape index (κ1) is 9.27. The van der Waals surface area contributed by atoms with Crippen LogP contribution in [0.2, 0.25) is 0 Å². The SMILES string of the molecule is CN=S(N)c1ccn(C(F)F)n1. The number of nitrogens with zero attached hydrogens (tertiary/aromatic N) is 3. The molecule has 0 radical (unpaired) electrons. The predicted molar refractivity (Wildman–Crippen MR) is 41.7 cm³/mol. The van der Waals surface area contributed by atoms with E-state index >= 15 is 0 Å². The summed E-state index contributed by atoms with van der Waals surface area (Å²) in [6.45, 7) is -2.62. The van der Waals surface area contributed by atoms with E-state index in [9.17, 15) is 8.78 Å². The lowest BCUT2D eigenvalue weighted by atomic mass is 10.7. The highest BCUT2D eigenvalue weighted by atomic mass is 32.2. The summed E-state index contributed by atoms with van der Waals surface area (Å²) in [6, 6.07) is 1.43. The van der Waals surface area contributed by atoms with Crippen molar-refractivity contribution < 1.29 is 8.78 Å². The van der Waals surface area contributed by atoms with E-state index in [1.165, 1.54) is 19.3 Å². The van der Waals surface area contributed by atoms with Gasteiger partial charge in [0, 0.05) is 24.1 Å². The number of alkyl halides is 2. The average molecular weight is 194 g/mol. The molecule has 1 unspecified atom stereocenters. The van der Waals surface area contributed by atoms with Crippen LogP contribution in [0, 0.1) is 0 Å². The summed E-state index contributed by atoms with van der Waals surface area (Å²) < 4.78 is 28.2. The van der Waals surface area contributed by atoms with Crippen LogP contribution in [-0.2, 0) is 10.9 Å². The molecule has 0 amide bonds. The molecule has 0 bridgehead atoms. The Kier molecular flexibility index (Phi) is 2.88. The third-order valence-electron chi connectivity index (χ3n) is 1.19. The van der Waals surface area contributed by atoms with Crippen molar-refractivity contribution in [2.24, 2.45) is 9.50 Å².